The van der Waals surface area contributed by atoms with Crippen LogP contribution >= 0.6 is 0 Å². The van der Waals surface area contributed by atoms with Gasteiger partial charge in [-0.3, -0.25) is 0 Å². The first-order chi connectivity index (χ1) is 35.9. The molecule has 0 spiro atoms. The Hall–Kier alpha value is -11.1. The molecule has 0 saturated heterocycles. The van der Waals surface area contributed by atoms with Gasteiger partial charge in [0.15, 0.2) is 11.5 Å². The molecule has 0 unspecified atom stereocenters. The Kier molecular flexibility index (Phi) is 9.54. The van der Waals surface area contributed by atoms with Crippen LogP contribution in [0.2, 0.25) is 0 Å². The Morgan fingerprint density at radius 2 is 0.822 bits per heavy atom. The minimum atomic E-state index is 0.379. The van der Waals surface area contributed by atoms with Crippen LogP contribution in [0.1, 0.15) is 22.3 Å². The maximum Gasteiger partial charge on any atom is 0.188 e. The lowest BCUT2D eigenvalue weighted by molar-refractivity contribution is 1.15. The van der Waals surface area contributed by atoms with Gasteiger partial charge in [0.25, 0.3) is 0 Å². The van der Waals surface area contributed by atoms with Gasteiger partial charge < -0.3 is 13.7 Å². The summed E-state index contributed by atoms with van der Waals surface area (Å²) < 4.78 is 6.73. The minimum Gasteiger partial charge on any atom is -0.309 e. The summed E-state index contributed by atoms with van der Waals surface area (Å²) in [4.78, 5) is 13.7. The van der Waals surface area contributed by atoms with Gasteiger partial charge in [-0.25, -0.2) is 14.8 Å². The van der Waals surface area contributed by atoms with Crippen molar-refractivity contribution in [1.82, 2.24) is 23.7 Å². The fourth-order valence-electron chi connectivity index (χ4n) is 10.5. The molecule has 0 saturated carbocycles. The highest BCUT2D eigenvalue weighted by Gasteiger charge is 2.21. The van der Waals surface area contributed by atoms with Gasteiger partial charge in [0.05, 0.1) is 97.6 Å². The van der Waals surface area contributed by atoms with Gasteiger partial charge in [-0.2, -0.15) is 21.0 Å². The molecular formula is C63H32N10. The monoisotopic (exact) mass is 928 g/mol. The van der Waals surface area contributed by atoms with Crippen LogP contribution in [0.5, 0.6) is 0 Å². The van der Waals surface area contributed by atoms with Crippen LogP contribution in [0.4, 0.5) is 5.69 Å². The van der Waals surface area contributed by atoms with Gasteiger partial charge >= 0.3 is 0 Å². The Morgan fingerprint density at radius 3 is 1.42 bits per heavy atom. The lowest BCUT2D eigenvalue weighted by Gasteiger charge is -2.13. The molecule has 73 heavy (non-hydrogen) atoms. The lowest BCUT2D eigenvalue weighted by Crippen LogP contribution is -1.99. The maximum atomic E-state index is 10.1. The molecule has 13 rings (SSSR count). The summed E-state index contributed by atoms with van der Waals surface area (Å²) in [5.41, 5.74) is 14.5. The third-order valence-corrected chi connectivity index (χ3v) is 13.8. The van der Waals surface area contributed by atoms with E-state index in [1.54, 1.807) is 12.1 Å². The second-order valence-corrected chi connectivity index (χ2v) is 17.8. The summed E-state index contributed by atoms with van der Waals surface area (Å²) in [6, 6.07) is 72.5. The molecule has 0 aliphatic heterocycles. The third-order valence-electron chi connectivity index (χ3n) is 13.8. The minimum absolute atomic E-state index is 0.379. The molecule has 0 N–H and O–H groups in total. The quantitative estimate of drug-likeness (QED) is 0.152. The van der Waals surface area contributed by atoms with Crippen LogP contribution < -0.4 is 0 Å². The molecule has 10 nitrogen and oxygen atoms in total. The molecule has 0 amide bonds. The Labute approximate surface area is 417 Å². The normalized spacial score (nSPS) is 11.2. The van der Waals surface area contributed by atoms with Gasteiger partial charge in [0.2, 0.25) is 0 Å². The molecule has 0 atom stereocenters. The van der Waals surface area contributed by atoms with E-state index in [9.17, 15) is 21.0 Å². The third kappa shape index (κ3) is 6.60. The number of fused-ring (bicyclic) bond motifs is 9. The Balaban J connectivity index is 1.03. The van der Waals surface area contributed by atoms with Crippen molar-refractivity contribution in [1.29, 1.82) is 21.0 Å². The van der Waals surface area contributed by atoms with Crippen molar-refractivity contribution in [3.8, 4) is 75.2 Å². The largest absolute Gasteiger partial charge is 0.309 e. The van der Waals surface area contributed by atoms with Crippen molar-refractivity contribution >= 4 is 71.1 Å². The number of benzene rings is 9. The summed E-state index contributed by atoms with van der Waals surface area (Å²) >= 11 is 0. The first-order valence-electron chi connectivity index (χ1n) is 23.3. The van der Waals surface area contributed by atoms with Gasteiger partial charge in [0, 0.05) is 60.7 Å². The highest BCUT2D eigenvalue weighted by molar-refractivity contribution is 6.14. The molecule has 334 valence electrons. The molecule has 0 aliphatic carbocycles. The molecule has 9 aromatic carbocycles. The highest BCUT2D eigenvalue weighted by atomic mass is 15.0. The summed E-state index contributed by atoms with van der Waals surface area (Å²) in [5, 5.41) is 45.8. The van der Waals surface area contributed by atoms with E-state index >= 15 is 0 Å². The van der Waals surface area contributed by atoms with E-state index in [-0.39, 0.29) is 0 Å². The lowest BCUT2D eigenvalue weighted by atomic mass is 10.0. The molecule has 0 bridgehead atoms. The van der Waals surface area contributed by atoms with Crippen LogP contribution in [0.15, 0.2) is 194 Å². The number of nitrogens with zero attached hydrogens (tertiary/aromatic N) is 10. The first-order valence-corrected chi connectivity index (χ1v) is 23.3. The van der Waals surface area contributed by atoms with Crippen molar-refractivity contribution < 1.29 is 0 Å². The Bertz CT molecular complexity index is 4600. The molecule has 0 fully saturated rings. The van der Waals surface area contributed by atoms with E-state index in [0.29, 0.717) is 56.3 Å². The zero-order valence-electron chi connectivity index (χ0n) is 38.4. The van der Waals surface area contributed by atoms with Crippen LogP contribution in [0.3, 0.4) is 0 Å². The van der Waals surface area contributed by atoms with E-state index in [1.165, 1.54) is 0 Å². The summed E-state index contributed by atoms with van der Waals surface area (Å²) in [6.45, 7) is 7.78. The van der Waals surface area contributed by atoms with Gasteiger partial charge in [0.1, 0.15) is 0 Å². The average Bonchev–Trinajstić information content (AvgIpc) is 4.09. The maximum absolute atomic E-state index is 10.1. The topological polar surface area (TPSA) is 140 Å². The van der Waals surface area contributed by atoms with Gasteiger partial charge in [-0.15, -0.1) is 0 Å². The molecule has 0 radical (unpaired) electrons. The molecule has 4 aromatic heterocycles. The van der Waals surface area contributed by atoms with Crippen LogP contribution in [0.25, 0.3) is 121 Å². The predicted molar refractivity (Wildman–Crippen MR) is 286 cm³/mol. The molecular weight excluding hydrogens is 897 g/mol. The predicted octanol–water partition coefficient (Wildman–Crippen LogP) is 14.8. The molecule has 4 heterocycles. The van der Waals surface area contributed by atoms with E-state index in [1.807, 2.05) is 121 Å². The van der Waals surface area contributed by atoms with Crippen molar-refractivity contribution in [3.63, 3.8) is 0 Å². The summed E-state index contributed by atoms with van der Waals surface area (Å²) in [6.07, 6.45) is 0. The van der Waals surface area contributed by atoms with Gasteiger partial charge in [-0.1, -0.05) is 66.7 Å². The highest BCUT2D eigenvalue weighted by Crippen LogP contribution is 2.41. The number of aromatic nitrogens is 5. The fraction of sp³-hybridized carbons (Fsp3) is 0. The fourth-order valence-corrected chi connectivity index (χ4v) is 10.5. The second kappa shape index (κ2) is 16.6. The van der Waals surface area contributed by atoms with E-state index < -0.39 is 0 Å². The van der Waals surface area contributed by atoms with Gasteiger partial charge in [-0.05, 0) is 133 Å². The van der Waals surface area contributed by atoms with Crippen LogP contribution in [-0.2, 0) is 0 Å². The molecule has 13 aromatic rings. The average molecular weight is 929 g/mol. The second-order valence-electron chi connectivity index (χ2n) is 17.8. The number of para-hydroxylation sites is 1. The van der Waals surface area contributed by atoms with E-state index in [0.717, 1.165) is 88.0 Å². The number of rotatable bonds is 6. The zero-order chi connectivity index (χ0) is 49.3. The Morgan fingerprint density at radius 1 is 0.370 bits per heavy atom. The standard InChI is InChI=1S/C63H32N10/c1-68-43-18-25-60-52(30-43)51-29-39(35-65)15-24-59(51)73(60)46-22-27-62-54(32-46)53-31-45(72-57-13-7-6-12-49(57)50-28-38(34-64)14-23-58(50)72)21-26-61(53)71(62)44-19-16-40(17-20-44)55-33-56(47-10-4-2-8-41(47)36-66)70-63(69-55)48-11-5-3-9-42(48)37-67/h2-33H. The summed E-state index contributed by atoms with van der Waals surface area (Å²) in [5.74, 6) is 0.379. The van der Waals surface area contributed by atoms with Crippen molar-refractivity contribution in [2.75, 3.05) is 0 Å². The van der Waals surface area contributed by atoms with E-state index in [4.69, 9.17) is 16.5 Å². The van der Waals surface area contributed by atoms with Crippen molar-refractivity contribution in [2.45, 2.75) is 0 Å². The first kappa shape index (κ1) is 42.0. The molecule has 0 aliphatic rings. The zero-order valence-corrected chi connectivity index (χ0v) is 38.4. The van der Waals surface area contributed by atoms with Crippen LogP contribution in [0, 0.1) is 51.9 Å². The van der Waals surface area contributed by atoms with Crippen LogP contribution in [-0.4, -0.2) is 23.7 Å². The smallest absolute Gasteiger partial charge is 0.188 e. The number of nitriles is 4. The number of hydrogen-bond acceptors (Lipinski definition) is 6. The molecule has 10 heteroatoms. The number of hydrogen-bond donors (Lipinski definition) is 0. The van der Waals surface area contributed by atoms with E-state index in [2.05, 4.69) is 103 Å². The van der Waals surface area contributed by atoms with Crippen molar-refractivity contribution in [3.05, 3.63) is 228 Å². The SMILES string of the molecule is [C-]#[N+]c1ccc2c(c1)c1cc(C#N)ccc1n2-c1ccc2c(c1)c1cc(-n3c4ccccc4c4cc(C#N)ccc43)ccc1n2-c1ccc(-c2cc(-c3ccccc3C#N)nc(-c3ccccc3C#N)n2)cc1. The van der Waals surface area contributed by atoms with Crippen molar-refractivity contribution in [2.24, 2.45) is 0 Å². The summed E-state index contributed by atoms with van der Waals surface area (Å²) in [7, 11) is 0.